The third-order valence-corrected chi connectivity index (χ3v) is 2.31. The molecule has 0 amide bonds. The Kier molecular flexibility index (Phi) is 2.25. The summed E-state index contributed by atoms with van der Waals surface area (Å²) in [7, 11) is 0. The Hall–Kier alpha value is -0.990. The highest BCUT2D eigenvalue weighted by Gasteiger charge is 2.00. The topological polar surface area (TPSA) is 25.2 Å². The van der Waals surface area contributed by atoms with Crippen molar-refractivity contribution in [2.24, 2.45) is 0 Å². The van der Waals surface area contributed by atoms with Gasteiger partial charge < -0.3 is 9.67 Å². The van der Waals surface area contributed by atoms with E-state index in [0.29, 0.717) is 6.54 Å². The van der Waals surface area contributed by atoms with Gasteiger partial charge in [0, 0.05) is 23.3 Å². The molecule has 1 aromatic heterocycles. The number of rotatable bonds is 2. The van der Waals surface area contributed by atoms with Gasteiger partial charge in [-0.05, 0) is 23.6 Å². The van der Waals surface area contributed by atoms with Crippen molar-refractivity contribution in [1.29, 1.82) is 0 Å². The normalized spacial score (nSPS) is 10.9. The maximum atomic E-state index is 8.81. The van der Waals surface area contributed by atoms with E-state index < -0.39 is 0 Å². The van der Waals surface area contributed by atoms with Crippen molar-refractivity contribution in [2.45, 2.75) is 6.54 Å². The minimum absolute atomic E-state index is 0.149. The first kappa shape index (κ1) is 8.60. The number of halogens is 1. The predicted molar refractivity (Wildman–Crippen MR) is 54.0 cm³/mol. The standard InChI is InChI=1S/C10H10ClNO/c11-9-2-1-8-3-4-12(5-6-13)10(8)7-9/h1-4,7,13H,5-6H2. The van der Waals surface area contributed by atoms with Crippen LogP contribution in [0.4, 0.5) is 0 Å². The Balaban J connectivity index is 2.58. The maximum Gasteiger partial charge on any atom is 0.0610 e. The van der Waals surface area contributed by atoms with Gasteiger partial charge in [-0.1, -0.05) is 17.7 Å². The van der Waals surface area contributed by atoms with Gasteiger partial charge in [-0.25, -0.2) is 0 Å². The summed E-state index contributed by atoms with van der Waals surface area (Å²) in [5, 5.41) is 10.7. The van der Waals surface area contributed by atoms with Crippen molar-refractivity contribution in [2.75, 3.05) is 6.61 Å². The Morgan fingerprint density at radius 1 is 1.31 bits per heavy atom. The maximum absolute atomic E-state index is 8.81. The van der Waals surface area contributed by atoms with Crippen molar-refractivity contribution < 1.29 is 5.11 Å². The van der Waals surface area contributed by atoms with Crippen molar-refractivity contribution >= 4 is 22.5 Å². The van der Waals surface area contributed by atoms with Gasteiger partial charge in [0.15, 0.2) is 0 Å². The van der Waals surface area contributed by atoms with Crippen LogP contribution >= 0.6 is 11.6 Å². The summed E-state index contributed by atoms with van der Waals surface area (Å²) in [4.78, 5) is 0. The van der Waals surface area contributed by atoms with Gasteiger partial charge in [0.1, 0.15) is 0 Å². The minimum atomic E-state index is 0.149. The van der Waals surface area contributed by atoms with E-state index in [9.17, 15) is 0 Å². The van der Waals surface area contributed by atoms with Gasteiger partial charge in [-0.15, -0.1) is 0 Å². The molecule has 0 radical (unpaired) electrons. The highest BCUT2D eigenvalue weighted by Crippen LogP contribution is 2.20. The lowest BCUT2D eigenvalue weighted by atomic mass is 10.2. The summed E-state index contributed by atoms with van der Waals surface area (Å²) in [5.41, 5.74) is 1.07. The first-order valence-corrected chi connectivity index (χ1v) is 4.54. The van der Waals surface area contributed by atoms with Gasteiger partial charge in [0.25, 0.3) is 0 Å². The number of aliphatic hydroxyl groups excluding tert-OH is 1. The van der Waals surface area contributed by atoms with E-state index >= 15 is 0 Å². The molecular weight excluding hydrogens is 186 g/mol. The summed E-state index contributed by atoms with van der Waals surface area (Å²) in [6.07, 6.45) is 1.96. The summed E-state index contributed by atoms with van der Waals surface area (Å²) in [6, 6.07) is 7.77. The molecule has 0 saturated carbocycles. The van der Waals surface area contributed by atoms with E-state index in [1.54, 1.807) is 0 Å². The first-order valence-electron chi connectivity index (χ1n) is 4.16. The van der Waals surface area contributed by atoms with Crippen LogP contribution in [0.15, 0.2) is 30.5 Å². The highest BCUT2D eigenvalue weighted by molar-refractivity contribution is 6.31. The first-order chi connectivity index (χ1) is 6.31. The zero-order valence-corrected chi connectivity index (χ0v) is 7.83. The second-order valence-corrected chi connectivity index (χ2v) is 3.37. The quantitative estimate of drug-likeness (QED) is 0.782. The van der Waals surface area contributed by atoms with Crippen molar-refractivity contribution in [3.63, 3.8) is 0 Å². The lowest BCUT2D eigenvalue weighted by Gasteiger charge is -2.01. The molecule has 0 aliphatic rings. The van der Waals surface area contributed by atoms with E-state index in [1.165, 1.54) is 0 Å². The molecule has 0 fully saturated rings. The molecular formula is C10H10ClNO. The zero-order valence-electron chi connectivity index (χ0n) is 7.07. The molecule has 68 valence electrons. The Bertz CT molecular complexity index is 422. The van der Waals surface area contributed by atoms with Crippen LogP contribution in [0.3, 0.4) is 0 Å². The van der Waals surface area contributed by atoms with E-state index in [4.69, 9.17) is 16.7 Å². The molecule has 3 heteroatoms. The van der Waals surface area contributed by atoms with Crippen molar-refractivity contribution in [3.8, 4) is 0 Å². The van der Waals surface area contributed by atoms with Crippen LogP contribution in [0.1, 0.15) is 0 Å². The van der Waals surface area contributed by atoms with Crippen LogP contribution in [0.2, 0.25) is 5.02 Å². The molecule has 2 aromatic rings. The lowest BCUT2D eigenvalue weighted by Crippen LogP contribution is -1.99. The van der Waals surface area contributed by atoms with E-state index in [2.05, 4.69) is 0 Å². The van der Waals surface area contributed by atoms with Crippen molar-refractivity contribution in [1.82, 2.24) is 4.57 Å². The molecule has 2 nitrogen and oxygen atoms in total. The zero-order chi connectivity index (χ0) is 9.26. The van der Waals surface area contributed by atoms with Crippen LogP contribution in [0, 0.1) is 0 Å². The molecule has 0 spiro atoms. The molecule has 1 aromatic carbocycles. The lowest BCUT2D eigenvalue weighted by molar-refractivity contribution is 0.278. The summed E-state index contributed by atoms with van der Waals surface area (Å²) in [5.74, 6) is 0. The van der Waals surface area contributed by atoms with Crippen molar-refractivity contribution in [3.05, 3.63) is 35.5 Å². The van der Waals surface area contributed by atoms with Crippen LogP contribution in [-0.4, -0.2) is 16.3 Å². The fraction of sp³-hybridized carbons (Fsp3) is 0.200. The van der Waals surface area contributed by atoms with Crippen LogP contribution in [-0.2, 0) is 6.54 Å². The van der Waals surface area contributed by atoms with Crippen LogP contribution < -0.4 is 0 Å². The molecule has 1 N–H and O–H groups in total. The molecule has 0 atom stereocenters. The van der Waals surface area contributed by atoms with Gasteiger partial charge in [0.05, 0.1) is 6.61 Å². The van der Waals surface area contributed by atoms with E-state index in [0.717, 1.165) is 15.9 Å². The summed E-state index contributed by atoms with van der Waals surface area (Å²) >= 11 is 5.87. The fourth-order valence-electron chi connectivity index (χ4n) is 1.46. The van der Waals surface area contributed by atoms with Gasteiger partial charge in [0.2, 0.25) is 0 Å². The monoisotopic (exact) mass is 195 g/mol. The average molecular weight is 196 g/mol. The molecule has 0 unspecified atom stereocenters. The Labute approximate surface area is 81.4 Å². The number of aromatic nitrogens is 1. The minimum Gasteiger partial charge on any atom is -0.395 e. The Morgan fingerprint density at radius 2 is 2.15 bits per heavy atom. The van der Waals surface area contributed by atoms with Crippen LogP contribution in [0.25, 0.3) is 10.9 Å². The smallest absolute Gasteiger partial charge is 0.0610 e. The molecule has 2 rings (SSSR count). The van der Waals surface area contributed by atoms with Gasteiger partial charge in [-0.3, -0.25) is 0 Å². The second-order valence-electron chi connectivity index (χ2n) is 2.94. The van der Waals surface area contributed by atoms with Gasteiger partial charge >= 0.3 is 0 Å². The van der Waals surface area contributed by atoms with E-state index in [1.807, 2.05) is 35.0 Å². The number of hydrogen-bond acceptors (Lipinski definition) is 1. The van der Waals surface area contributed by atoms with E-state index in [-0.39, 0.29) is 6.61 Å². The third-order valence-electron chi connectivity index (χ3n) is 2.08. The third kappa shape index (κ3) is 1.55. The second kappa shape index (κ2) is 3.40. The number of hydrogen-bond donors (Lipinski definition) is 1. The number of aliphatic hydroxyl groups is 1. The molecule has 0 aliphatic carbocycles. The molecule has 0 aliphatic heterocycles. The largest absolute Gasteiger partial charge is 0.395 e. The predicted octanol–water partition coefficient (Wildman–Crippen LogP) is 2.29. The summed E-state index contributed by atoms with van der Waals surface area (Å²) < 4.78 is 1.99. The SMILES string of the molecule is OCCn1ccc2ccc(Cl)cc21. The molecule has 1 heterocycles. The summed E-state index contributed by atoms with van der Waals surface area (Å²) in [6.45, 7) is 0.764. The number of nitrogens with zero attached hydrogens (tertiary/aromatic N) is 1. The molecule has 0 bridgehead atoms. The number of benzene rings is 1. The van der Waals surface area contributed by atoms with Crippen LogP contribution in [0.5, 0.6) is 0 Å². The molecule has 13 heavy (non-hydrogen) atoms. The average Bonchev–Trinajstić information content (AvgIpc) is 2.49. The number of fused-ring (bicyclic) bond motifs is 1. The fourth-order valence-corrected chi connectivity index (χ4v) is 1.63. The van der Waals surface area contributed by atoms with Gasteiger partial charge in [-0.2, -0.15) is 0 Å². The Morgan fingerprint density at radius 3 is 2.92 bits per heavy atom. The molecule has 0 saturated heterocycles. The highest BCUT2D eigenvalue weighted by atomic mass is 35.5.